The van der Waals surface area contributed by atoms with Crippen LogP contribution in [0, 0.1) is 0 Å². The number of nitrogens with zero attached hydrogens (tertiary/aromatic N) is 3. The molecule has 1 aromatic heterocycles. The van der Waals surface area contributed by atoms with Gasteiger partial charge in [-0.3, -0.25) is 14.2 Å². The summed E-state index contributed by atoms with van der Waals surface area (Å²) in [5.74, 6) is 0.849. The van der Waals surface area contributed by atoms with Crippen molar-refractivity contribution in [1.82, 2.24) is 15.0 Å². The molecule has 0 atom stereocenters. The Morgan fingerprint density at radius 2 is 1.68 bits per heavy atom. The van der Waals surface area contributed by atoms with E-state index in [4.69, 9.17) is 9.47 Å². The van der Waals surface area contributed by atoms with Crippen LogP contribution in [0.25, 0.3) is 16.6 Å². The summed E-state index contributed by atoms with van der Waals surface area (Å²) in [5.41, 5.74) is 5.37. The monoisotopic (exact) mass is 550 g/mol. The van der Waals surface area contributed by atoms with Gasteiger partial charge in [0.05, 0.1) is 35.7 Å². The number of fused-ring (bicyclic) bond motifs is 1. The molecular weight excluding hydrogens is 524 g/mol. The van der Waals surface area contributed by atoms with Gasteiger partial charge >= 0.3 is 0 Å². The third-order valence-corrected chi connectivity index (χ3v) is 6.86. The molecule has 9 heteroatoms. The normalized spacial score (nSPS) is 11.0. The van der Waals surface area contributed by atoms with E-state index >= 15 is 0 Å². The highest BCUT2D eigenvalue weighted by Crippen LogP contribution is 2.28. The fourth-order valence-electron chi connectivity index (χ4n) is 3.97. The van der Waals surface area contributed by atoms with Crippen LogP contribution in [0.1, 0.15) is 11.1 Å². The van der Waals surface area contributed by atoms with Crippen molar-refractivity contribution >= 4 is 34.8 Å². The Morgan fingerprint density at radius 1 is 0.950 bits per heavy atom. The Kier molecular flexibility index (Phi) is 8.53. The minimum Gasteiger partial charge on any atom is -0.493 e. The summed E-state index contributed by atoms with van der Waals surface area (Å²) >= 11 is 1.17. The van der Waals surface area contributed by atoms with Crippen LogP contribution in [0.2, 0.25) is 0 Å². The molecule has 1 amide bonds. The van der Waals surface area contributed by atoms with Gasteiger partial charge in [-0.15, -0.1) is 0 Å². The molecule has 8 nitrogen and oxygen atoms in total. The van der Waals surface area contributed by atoms with Crippen LogP contribution < -0.4 is 20.5 Å². The minimum atomic E-state index is -0.335. The number of methoxy groups -OCH3 is 1. The lowest BCUT2D eigenvalue weighted by atomic mass is 10.2. The average Bonchev–Trinajstić information content (AvgIpc) is 3.00. The van der Waals surface area contributed by atoms with Crippen molar-refractivity contribution in [2.75, 3.05) is 12.9 Å². The van der Waals surface area contributed by atoms with Crippen molar-refractivity contribution in [1.29, 1.82) is 0 Å². The van der Waals surface area contributed by atoms with Gasteiger partial charge in [0.2, 0.25) is 0 Å². The summed E-state index contributed by atoms with van der Waals surface area (Å²) in [6.07, 6.45) is 1.53. The summed E-state index contributed by atoms with van der Waals surface area (Å²) in [6.45, 7) is 0.419. The van der Waals surface area contributed by atoms with Gasteiger partial charge in [0.25, 0.3) is 11.5 Å². The lowest BCUT2D eigenvalue weighted by Gasteiger charge is -2.12. The molecule has 0 radical (unpaired) electrons. The number of carbonyl (C=O) groups excluding carboxylic acids is 1. The molecule has 0 aliphatic rings. The van der Waals surface area contributed by atoms with Crippen molar-refractivity contribution in [3.8, 4) is 17.2 Å². The molecule has 0 saturated carbocycles. The number of benzene rings is 4. The second-order valence-electron chi connectivity index (χ2n) is 8.65. The smallest absolute Gasteiger partial charge is 0.266 e. The second-order valence-corrected chi connectivity index (χ2v) is 9.60. The van der Waals surface area contributed by atoms with Gasteiger partial charge in [-0.2, -0.15) is 5.10 Å². The van der Waals surface area contributed by atoms with Gasteiger partial charge in [-0.25, -0.2) is 10.4 Å². The van der Waals surface area contributed by atoms with E-state index in [-0.39, 0.29) is 17.2 Å². The van der Waals surface area contributed by atoms with E-state index < -0.39 is 0 Å². The van der Waals surface area contributed by atoms with E-state index in [1.165, 1.54) is 22.5 Å². The molecule has 200 valence electrons. The average molecular weight is 551 g/mol. The number of nitrogens with one attached hydrogen (secondary N) is 1. The second kappa shape index (κ2) is 12.8. The van der Waals surface area contributed by atoms with E-state index in [1.807, 2.05) is 72.8 Å². The van der Waals surface area contributed by atoms with Crippen molar-refractivity contribution in [2.24, 2.45) is 5.10 Å². The Morgan fingerprint density at radius 3 is 2.45 bits per heavy atom. The Balaban J connectivity index is 1.24. The zero-order chi connectivity index (χ0) is 27.7. The zero-order valence-electron chi connectivity index (χ0n) is 21.7. The molecule has 1 heterocycles. The fraction of sp³-hybridized carbons (Fsp3) is 0.0968. The summed E-state index contributed by atoms with van der Waals surface area (Å²) in [4.78, 5) is 30.5. The first kappa shape index (κ1) is 26.7. The van der Waals surface area contributed by atoms with Crippen LogP contribution in [-0.4, -0.2) is 34.5 Å². The van der Waals surface area contributed by atoms with Crippen LogP contribution in [0.4, 0.5) is 0 Å². The molecule has 1 N–H and O–H groups in total. The highest BCUT2D eigenvalue weighted by atomic mass is 32.2. The van der Waals surface area contributed by atoms with Crippen molar-refractivity contribution in [3.63, 3.8) is 0 Å². The maximum Gasteiger partial charge on any atom is 0.266 e. The number of para-hydroxylation sites is 2. The van der Waals surface area contributed by atoms with E-state index in [0.717, 1.165) is 11.1 Å². The number of rotatable bonds is 10. The maximum absolute atomic E-state index is 13.3. The molecule has 5 aromatic rings. The van der Waals surface area contributed by atoms with Crippen molar-refractivity contribution < 1.29 is 14.3 Å². The summed E-state index contributed by atoms with van der Waals surface area (Å²) < 4.78 is 12.9. The molecule has 0 fully saturated rings. The summed E-state index contributed by atoms with van der Waals surface area (Å²) in [5, 5.41) is 5.01. The molecule has 0 aliphatic heterocycles. The van der Waals surface area contributed by atoms with Crippen LogP contribution in [0.15, 0.2) is 118 Å². The zero-order valence-corrected chi connectivity index (χ0v) is 22.5. The molecule has 0 bridgehead atoms. The fourth-order valence-corrected chi connectivity index (χ4v) is 4.78. The van der Waals surface area contributed by atoms with Crippen molar-refractivity contribution in [3.05, 3.63) is 125 Å². The first-order chi connectivity index (χ1) is 19.6. The molecule has 4 aromatic carbocycles. The molecular formula is C31H26N4O4S. The lowest BCUT2D eigenvalue weighted by Crippen LogP contribution is -2.24. The molecule has 40 heavy (non-hydrogen) atoms. The third-order valence-electron chi connectivity index (χ3n) is 5.92. The number of amides is 1. The van der Waals surface area contributed by atoms with E-state index in [1.54, 1.807) is 37.4 Å². The quantitative estimate of drug-likeness (QED) is 0.111. The first-order valence-corrected chi connectivity index (χ1v) is 13.5. The predicted molar refractivity (Wildman–Crippen MR) is 158 cm³/mol. The van der Waals surface area contributed by atoms with E-state index in [2.05, 4.69) is 15.5 Å². The lowest BCUT2D eigenvalue weighted by molar-refractivity contribution is -0.118. The number of hydrogen-bond donors (Lipinski definition) is 1. The SMILES string of the molecule is COc1cc(/C=N/NC(=O)CSc2nc3ccccc3c(=O)n2-c2ccccc2)ccc1OCc1ccccc1. The molecule has 0 unspecified atom stereocenters. The standard InChI is InChI=1S/C31H26N4O4S/c1-38-28-18-23(16-17-27(28)39-20-22-10-4-2-5-11-22)19-32-34-29(36)21-40-31-33-26-15-9-8-14-25(26)30(37)35(31)24-12-6-3-7-13-24/h2-19H,20-21H2,1H3,(H,34,36)/b32-19+. The Hall–Kier alpha value is -4.89. The number of thioether (sulfide) groups is 1. The highest BCUT2D eigenvalue weighted by Gasteiger charge is 2.14. The van der Waals surface area contributed by atoms with Crippen LogP contribution >= 0.6 is 11.8 Å². The maximum atomic E-state index is 13.3. The van der Waals surface area contributed by atoms with Crippen LogP contribution in [0.3, 0.4) is 0 Å². The molecule has 5 rings (SSSR count). The van der Waals surface area contributed by atoms with Gasteiger partial charge < -0.3 is 9.47 Å². The van der Waals surface area contributed by atoms with E-state index in [9.17, 15) is 9.59 Å². The highest BCUT2D eigenvalue weighted by molar-refractivity contribution is 7.99. The predicted octanol–water partition coefficient (Wildman–Crippen LogP) is 5.22. The summed E-state index contributed by atoms with van der Waals surface area (Å²) in [7, 11) is 1.57. The van der Waals surface area contributed by atoms with Crippen molar-refractivity contribution in [2.45, 2.75) is 11.8 Å². The largest absolute Gasteiger partial charge is 0.493 e. The van der Waals surface area contributed by atoms with Gasteiger partial charge in [-0.1, -0.05) is 72.4 Å². The molecule has 0 aliphatic carbocycles. The number of ether oxygens (including phenoxy) is 2. The van der Waals surface area contributed by atoms with Gasteiger partial charge in [-0.05, 0) is 53.6 Å². The van der Waals surface area contributed by atoms with Gasteiger partial charge in [0, 0.05) is 0 Å². The Labute approximate surface area is 235 Å². The van der Waals surface area contributed by atoms with Crippen LogP contribution in [0.5, 0.6) is 11.5 Å². The van der Waals surface area contributed by atoms with E-state index in [0.29, 0.717) is 39.9 Å². The van der Waals surface area contributed by atoms with Gasteiger partial charge in [0.1, 0.15) is 6.61 Å². The number of carbonyl (C=O) groups is 1. The minimum absolute atomic E-state index is 0.0184. The van der Waals surface area contributed by atoms with Gasteiger partial charge in [0.15, 0.2) is 16.7 Å². The Bertz CT molecular complexity index is 1710. The number of hydrazone groups is 1. The molecule has 0 saturated heterocycles. The summed E-state index contributed by atoms with van der Waals surface area (Å²) in [6, 6.07) is 31.7. The third kappa shape index (κ3) is 6.39. The van der Waals surface area contributed by atoms with Crippen LogP contribution in [-0.2, 0) is 11.4 Å². The number of aromatic nitrogens is 2. The number of hydrogen-bond acceptors (Lipinski definition) is 7. The topological polar surface area (TPSA) is 94.8 Å². The first-order valence-electron chi connectivity index (χ1n) is 12.5. The molecule has 0 spiro atoms.